The van der Waals surface area contributed by atoms with Crippen LogP contribution in [0.5, 0.6) is 0 Å². The first-order valence-electron chi connectivity index (χ1n) is 6.10. The number of anilines is 1. The van der Waals surface area contributed by atoms with Crippen LogP contribution >= 0.6 is 0 Å². The van der Waals surface area contributed by atoms with E-state index in [2.05, 4.69) is 11.5 Å². The van der Waals surface area contributed by atoms with Gasteiger partial charge in [0.15, 0.2) is 0 Å². The fraction of sp³-hybridized carbons (Fsp3) is 0.462. The van der Waals surface area contributed by atoms with E-state index >= 15 is 0 Å². The first kappa shape index (κ1) is 10.6. The SMILES string of the molecule is NC1(Cc2ccccc2N2CCC(=O)N2)CC1. The molecule has 4 nitrogen and oxygen atoms in total. The number of nitrogens with one attached hydrogen (secondary N) is 1. The van der Waals surface area contributed by atoms with Crippen LogP contribution in [0.3, 0.4) is 0 Å². The summed E-state index contributed by atoms with van der Waals surface area (Å²) in [6.07, 6.45) is 3.68. The zero-order valence-electron chi connectivity index (χ0n) is 9.78. The average molecular weight is 231 g/mol. The lowest BCUT2D eigenvalue weighted by atomic mass is 10.0. The van der Waals surface area contributed by atoms with Crippen LogP contribution in [0.15, 0.2) is 24.3 Å². The highest BCUT2D eigenvalue weighted by Gasteiger charge is 2.38. The van der Waals surface area contributed by atoms with E-state index in [-0.39, 0.29) is 11.4 Å². The van der Waals surface area contributed by atoms with Crippen molar-refractivity contribution in [2.24, 2.45) is 5.73 Å². The molecule has 1 saturated carbocycles. The molecule has 0 atom stereocenters. The quantitative estimate of drug-likeness (QED) is 0.814. The first-order valence-corrected chi connectivity index (χ1v) is 6.10. The molecule has 3 N–H and O–H groups in total. The number of amides is 1. The fourth-order valence-electron chi connectivity index (χ4n) is 2.30. The van der Waals surface area contributed by atoms with Crippen molar-refractivity contribution < 1.29 is 4.79 Å². The van der Waals surface area contributed by atoms with Crippen molar-refractivity contribution in [2.75, 3.05) is 11.6 Å². The minimum absolute atomic E-state index is 0.000162. The average Bonchev–Trinajstić information content (AvgIpc) is 2.87. The molecule has 0 unspecified atom stereocenters. The largest absolute Gasteiger partial charge is 0.325 e. The zero-order valence-corrected chi connectivity index (χ0v) is 9.78. The summed E-state index contributed by atoms with van der Waals surface area (Å²) in [5.74, 6) is 0.0914. The molecule has 0 aromatic heterocycles. The predicted molar refractivity (Wildman–Crippen MR) is 66.4 cm³/mol. The molecule has 1 aliphatic heterocycles. The van der Waals surface area contributed by atoms with Crippen molar-refractivity contribution in [1.82, 2.24) is 5.43 Å². The molecular weight excluding hydrogens is 214 g/mol. The molecule has 0 spiro atoms. The van der Waals surface area contributed by atoms with Gasteiger partial charge in [0.1, 0.15) is 0 Å². The van der Waals surface area contributed by atoms with Gasteiger partial charge in [-0.3, -0.25) is 15.2 Å². The van der Waals surface area contributed by atoms with Crippen LogP contribution in [0.1, 0.15) is 24.8 Å². The Morgan fingerprint density at radius 1 is 1.35 bits per heavy atom. The number of benzene rings is 1. The highest BCUT2D eigenvalue weighted by atomic mass is 16.2. The van der Waals surface area contributed by atoms with Crippen molar-refractivity contribution in [2.45, 2.75) is 31.2 Å². The zero-order chi connectivity index (χ0) is 11.9. The van der Waals surface area contributed by atoms with Gasteiger partial charge in [-0.15, -0.1) is 0 Å². The summed E-state index contributed by atoms with van der Waals surface area (Å²) in [5, 5.41) is 1.93. The smallest absolute Gasteiger partial charge is 0.240 e. The van der Waals surface area contributed by atoms with Crippen molar-refractivity contribution >= 4 is 11.6 Å². The molecular formula is C13H17N3O. The Morgan fingerprint density at radius 3 is 2.76 bits per heavy atom. The van der Waals surface area contributed by atoms with E-state index in [4.69, 9.17) is 5.73 Å². The summed E-state index contributed by atoms with van der Waals surface area (Å²) >= 11 is 0. The van der Waals surface area contributed by atoms with Gasteiger partial charge in [-0.2, -0.15) is 0 Å². The molecule has 2 aliphatic rings. The van der Waals surface area contributed by atoms with Gasteiger partial charge in [0, 0.05) is 18.5 Å². The van der Waals surface area contributed by atoms with Crippen LogP contribution in [0.25, 0.3) is 0 Å². The van der Waals surface area contributed by atoms with Crippen LogP contribution in [0, 0.1) is 0 Å². The molecule has 0 bridgehead atoms. The van der Waals surface area contributed by atoms with Gasteiger partial charge in [0.2, 0.25) is 5.91 Å². The summed E-state index contributed by atoms with van der Waals surface area (Å²) < 4.78 is 0. The lowest BCUT2D eigenvalue weighted by Gasteiger charge is -2.22. The van der Waals surface area contributed by atoms with Gasteiger partial charge in [-0.1, -0.05) is 18.2 Å². The Balaban J connectivity index is 1.85. The molecule has 1 heterocycles. The first-order chi connectivity index (χ1) is 8.16. The topological polar surface area (TPSA) is 58.4 Å². The Kier molecular flexibility index (Phi) is 2.33. The van der Waals surface area contributed by atoms with Crippen molar-refractivity contribution in [3.63, 3.8) is 0 Å². The van der Waals surface area contributed by atoms with Gasteiger partial charge in [0.25, 0.3) is 0 Å². The summed E-state index contributed by atoms with van der Waals surface area (Å²) in [6.45, 7) is 0.743. The van der Waals surface area contributed by atoms with E-state index in [0.29, 0.717) is 6.42 Å². The Morgan fingerprint density at radius 2 is 2.12 bits per heavy atom. The molecule has 1 aliphatic carbocycles. The summed E-state index contributed by atoms with van der Waals surface area (Å²) in [7, 11) is 0. The second-order valence-corrected chi connectivity index (χ2v) is 5.10. The van der Waals surface area contributed by atoms with Gasteiger partial charge in [-0.25, -0.2) is 0 Å². The van der Waals surface area contributed by atoms with Gasteiger partial charge < -0.3 is 5.73 Å². The standard InChI is InChI=1S/C13H17N3O/c14-13(6-7-13)9-10-3-1-2-4-11(10)16-8-5-12(17)15-16/h1-4H,5-9,14H2,(H,15,17). The number of carbonyl (C=O) groups is 1. The number of hydrazine groups is 1. The van der Waals surface area contributed by atoms with Gasteiger partial charge in [0.05, 0.1) is 5.69 Å². The molecule has 17 heavy (non-hydrogen) atoms. The highest BCUT2D eigenvalue weighted by Crippen LogP contribution is 2.37. The molecule has 4 heteroatoms. The van der Waals surface area contributed by atoms with Crippen molar-refractivity contribution in [3.05, 3.63) is 29.8 Å². The molecule has 1 saturated heterocycles. The molecule has 1 aromatic carbocycles. The maximum atomic E-state index is 11.3. The monoisotopic (exact) mass is 231 g/mol. The minimum Gasteiger partial charge on any atom is -0.325 e. The van der Waals surface area contributed by atoms with E-state index in [1.165, 1.54) is 5.56 Å². The van der Waals surface area contributed by atoms with Crippen LogP contribution in [0.2, 0.25) is 0 Å². The minimum atomic E-state index is -0.000162. The number of hydrogen-bond donors (Lipinski definition) is 2. The van der Waals surface area contributed by atoms with Crippen molar-refractivity contribution in [3.8, 4) is 0 Å². The summed E-state index contributed by atoms with van der Waals surface area (Å²) in [5.41, 5.74) is 11.4. The molecule has 1 aromatic rings. The number of rotatable bonds is 3. The van der Waals surface area contributed by atoms with Crippen molar-refractivity contribution in [1.29, 1.82) is 0 Å². The maximum absolute atomic E-state index is 11.3. The third-order valence-electron chi connectivity index (χ3n) is 3.54. The molecule has 90 valence electrons. The molecule has 1 amide bonds. The van der Waals surface area contributed by atoms with Crippen LogP contribution in [-0.2, 0) is 11.2 Å². The van der Waals surface area contributed by atoms with E-state index < -0.39 is 0 Å². The second kappa shape index (κ2) is 3.74. The Hall–Kier alpha value is -1.55. The maximum Gasteiger partial charge on any atom is 0.240 e. The van der Waals surface area contributed by atoms with Crippen LogP contribution in [0.4, 0.5) is 5.69 Å². The number of nitrogens with zero attached hydrogens (tertiary/aromatic N) is 1. The molecule has 0 radical (unpaired) electrons. The number of carbonyl (C=O) groups excluding carboxylic acids is 1. The van der Waals surface area contributed by atoms with Gasteiger partial charge in [-0.05, 0) is 30.9 Å². The normalized spacial score (nSPS) is 21.5. The third kappa shape index (κ3) is 2.13. The molecule has 3 rings (SSSR count). The lowest BCUT2D eigenvalue weighted by molar-refractivity contribution is -0.119. The second-order valence-electron chi connectivity index (χ2n) is 5.10. The molecule has 2 fully saturated rings. The summed E-state index contributed by atoms with van der Waals surface area (Å²) in [4.78, 5) is 11.3. The van der Waals surface area contributed by atoms with Crippen LogP contribution < -0.4 is 16.2 Å². The number of para-hydroxylation sites is 1. The van der Waals surface area contributed by atoms with Gasteiger partial charge >= 0.3 is 0 Å². The number of hydrogen-bond acceptors (Lipinski definition) is 3. The summed E-state index contributed by atoms with van der Waals surface area (Å²) in [6, 6.07) is 8.18. The van der Waals surface area contributed by atoms with E-state index in [1.54, 1.807) is 0 Å². The highest BCUT2D eigenvalue weighted by molar-refractivity contribution is 5.82. The third-order valence-corrected chi connectivity index (χ3v) is 3.54. The predicted octanol–water partition coefficient (Wildman–Crippen LogP) is 0.962. The lowest BCUT2D eigenvalue weighted by Crippen LogP contribution is -2.34. The van der Waals surface area contributed by atoms with Crippen LogP contribution in [-0.4, -0.2) is 18.0 Å². The Labute approximate surface area is 101 Å². The Bertz CT molecular complexity index is 454. The van der Waals surface area contributed by atoms with E-state index in [9.17, 15) is 4.79 Å². The number of nitrogens with two attached hydrogens (primary N) is 1. The fourth-order valence-corrected chi connectivity index (χ4v) is 2.30. The van der Waals surface area contributed by atoms with E-state index in [0.717, 1.165) is 31.5 Å². The van der Waals surface area contributed by atoms with E-state index in [1.807, 2.05) is 23.2 Å².